The number of rotatable bonds is 3. The lowest BCUT2D eigenvalue weighted by molar-refractivity contribution is -0.355. The summed E-state index contributed by atoms with van der Waals surface area (Å²) in [5.41, 5.74) is 0. The number of cyclic esters (lactones) is 2. The predicted octanol–water partition coefficient (Wildman–Crippen LogP) is 0.844. The molecule has 1 heterocycles. The summed E-state index contributed by atoms with van der Waals surface area (Å²) in [5.74, 6) is -5.63. The second-order valence-corrected chi connectivity index (χ2v) is 4.68. The molecule has 1 aliphatic heterocycles. The lowest BCUT2D eigenvalue weighted by Gasteiger charge is -2.39. The minimum absolute atomic E-state index is 0.0357. The van der Waals surface area contributed by atoms with Gasteiger partial charge in [-0.05, 0) is 26.2 Å². The van der Waals surface area contributed by atoms with Crippen molar-refractivity contribution in [2.75, 3.05) is 0 Å². The smallest absolute Gasteiger partial charge is 0.310 e. The summed E-state index contributed by atoms with van der Waals surface area (Å²) < 4.78 is 10.1. The summed E-state index contributed by atoms with van der Waals surface area (Å²) in [4.78, 5) is 23.2. The van der Waals surface area contributed by atoms with Gasteiger partial charge < -0.3 is 19.7 Å². The van der Waals surface area contributed by atoms with Gasteiger partial charge in [0.1, 0.15) is 0 Å². The molecule has 0 aliphatic carbocycles. The zero-order chi connectivity index (χ0) is 13.8. The van der Waals surface area contributed by atoms with Crippen LogP contribution in [-0.2, 0) is 19.1 Å². The SMILES string of the molecule is CCCC1(C(C)(O)O)OC(=O)CCCCC(=O)O1. The van der Waals surface area contributed by atoms with E-state index in [1.165, 1.54) is 0 Å². The van der Waals surface area contributed by atoms with Crippen LogP contribution in [0.25, 0.3) is 0 Å². The van der Waals surface area contributed by atoms with Gasteiger partial charge >= 0.3 is 17.7 Å². The number of hydrogen-bond donors (Lipinski definition) is 2. The maximum atomic E-state index is 11.6. The van der Waals surface area contributed by atoms with Crippen molar-refractivity contribution in [3.8, 4) is 0 Å². The van der Waals surface area contributed by atoms with Gasteiger partial charge in [0, 0.05) is 19.3 Å². The number of ether oxygens (including phenoxy) is 2. The van der Waals surface area contributed by atoms with Crippen molar-refractivity contribution in [1.82, 2.24) is 0 Å². The summed E-state index contributed by atoms with van der Waals surface area (Å²) >= 11 is 0. The summed E-state index contributed by atoms with van der Waals surface area (Å²) in [6.45, 7) is 2.81. The molecule has 0 aromatic rings. The van der Waals surface area contributed by atoms with Gasteiger partial charge in [-0.1, -0.05) is 6.92 Å². The maximum Gasteiger partial charge on any atom is 0.310 e. The summed E-state index contributed by atoms with van der Waals surface area (Å²) in [6, 6.07) is 0. The van der Waals surface area contributed by atoms with E-state index < -0.39 is 23.5 Å². The largest absolute Gasteiger partial charge is 0.417 e. The van der Waals surface area contributed by atoms with Gasteiger partial charge in [0.25, 0.3) is 0 Å². The Bertz CT molecular complexity index is 297. The quantitative estimate of drug-likeness (QED) is 0.577. The van der Waals surface area contributed by atoms with Crippen LogP contribution < -0.4 is 0 Å². The molecule has 1 rings (SSSR count). The van der Waals surface area contributed by atoms with Crippen LogP contribution in [0.1, 0.15) is 52.4 Å². The average Bonchev–Trinajstić information content (AvgIpc) is 2.28. The van der Waals surface area contributed by atoms with Crippen molar-refractivity contribution in [3.63, 3.8) is 0 Å². The summed E-state index contributed by atoms with van der Waals surface area (Å²) in [7, 11) is 0. The van der Waals surface area contributed by atoms with E-state index in [1.807, 2.05) is 0 Å². The molecule has 18 heavy (non-hydrogen) atoms. The second-order valence-electron chi connectivity index (χ2n) is 4.68. The molecule has 0 atom stereocenters. The Balaban J connectivity index is 3.06. The van der Waals surface area contributed by atoms with E-state index in [0.717, 1.165) is 6.92 Å². The van der Waals surface area contributed by atoms with Crippen molar-refractivity contribution in [2.45, 2.75) is 63.9 Å². The normalized spacial score (nSPS) is 21.3. The number of hydrogen-bond acceptors (Lipinski definition) is 6. The number of aliphatic hydroxyl groups is 2. The van der Waals surface area contributed by atoms with Crippen LogP contribution in [0.2, 0.25) is 0 Å². The third kappa shape index (κ3) is 3.43. The molecule has 104 valence electrons. The van der Waals surface area contributed by atoms with E-state index in [4.69, 9.17) is 9.47 Å². The zero-order valence-corrected chi connectivity index (χ0v) is 10.8. The fourth-order valence-corrected chi connectivity index (χ4v) is 1.89. The monoisotopic (exact) mass is 260 g/mol. The highest BCUT2D eigenvalue weighted by Crippen LogP contribution is 2.33. The Kier molecular flexibility index (Phi) is 4.70. The molecule has 0 aromatic heterocycles. The standard InChI is InChI=1S/C12H20O6/c1-3-8-12(11(2,15)16)17-9(13)6-4-5-7-10(14)18-12/h15-16H,3-8H2,1-2H3. The summed E-state index contributed by atoms with van der Waals surface area (Å²) in [6.07, 6.45) is 1.81. The molecule has 0 bridgehead atoms. The summed E-state index contributed by atoms with van der Waals surface area (Å²) in [5, 5.41) is 19.5. The van der Waals surface area contributed by atoms with Gasteiger partial charge in [-0.3, -0.25) is 9.59 Å². The average molecular weight is 260 g/mol. The van der Waals surface area contributed by atoms with Gasteiger partial charge in [0.15, 0.2) is 0 Å². The van der Waals surface area contributed by atoms with E-state index in [0.29, 0.717) is 19.3 Å². The fraction of sp³-hybridized carbons (Fsp3) is 0.833. The van der Waals surface area contributed by atoms with Gasteiger partial charge in [0.2, 0.25) is 5.79 Å². The molecule has 0 spiro atoms. The van der Waals surface area contributed by atoms with Crippen LogP contribution in [0.15, 0.2) is 0 Å². The van der Waals surface area contributed by atoms with E-state index >= 15 is 0 Å². The molecule has 0 aromatic carbocycles. The minimum atomic E-state index is -2.43. The van der Waals surface area contributed by atoms with Gasteiger partial charge in [-0.2, -0.15) is 0 Å². The van der Waals surface area contributed by atoms with E-state index in [-0.39, 0.29) is 19.3 Å². The van der Waals surface area contributed by atoms with E-state index in [1.54, 1.807) is 6.92 Å². The molecule has 0 amide bonds. The number of carbonyl (C=O) groups excluding carboxylic acids is 2. The molecule has 0 saturated carbocycles. The van der Waals surface area contributed by atoms with E-state index in [9.17, 15) is 19.8 Å². The van der Waals surface area contributed by atoms with Crippen molar-refractivity contribution in [1.29, 1.82) is 0 Å². The Morgan fingerprint density at radius 2 is 1.61 bits per heavy atom. The Hall–Kier alpha value is -1.14. The molecule has 1 fully saturated rings. The molecule has 1 aliphatic rings. The predicted molar refractivity (Wildman–Crippen MR) is 61.1 cm³/mol. The molecule has 0 unspecified atom stereocenters. The third-order valence-corrected chi connectivity index (χ3v) is 2.87. The first-order chi connectivity index (χ1) is 8.31. The van der Waals surface area contributed by atoms with Gasteiger partial charge in [-0.25, -0.2) is 0 Å². The highest BCUT2D eigenvalue weighted by Gasteiger charge is 2.53. The molecule has 0 radical (unpaired) electrons. The first-order valence-corrected chi connectivity index (χ1v) is 6.19. The number of esters is 2. The molecule has 2 N–H and O–H groups in total. The van der Waals surface area contributed by atoms with Crippen LogP contribution in [0.5, 0.6) is 0 Å². The van der Waals surface area contributed by atoms with Crippen LogP contribution in [0.3, 0.4) is 0 Å². The van der Waals surface area contributed by atoms with Gasteiger partial charge in [-0.15, -0.1) is 0 Å². The molecule has 1 saturated heterocycles. The highest BCUT2D eigenvalue weighted by atomic mass is 16.8. The molecular formula is C12H20O6. The van der Waals surface area contributed by atoms with E-state index in [2.05, 4.69) is 0 Å². The van der Waals surface area contributed by atoms with Crippen LogP contribution in [-0.4, -0.2) is 33.7 Å². The Morgan fingerprint density at radius 1 is 1.17 bits per heavy atom. The number of carbonyl (C=O) groups is 2. The molecular weight excluding hydrogens is 240 g/mol. The van der Waals surface area contributed by atoms with Crippen molar-refractivity contribution < 1.29 is 29.3 Å². The highest BCUT2D eigenvalue weighted by molar-refractivity contribution is 5.73. The van der Waals surface area contributed by atoms with Crippen LogP contribution in [0.4, 0.5) is 0 Å². The van der Waals surface area contributed by atoms with Crippen molar-refractivity contribution >= 4 is 11.9 Å². The van der Waals surface area contributed by atoms with Gasteiger partial charge in [0.05, 0.1) is 0 Å². The molecule has 6 heteroatoms. The fourth-order valence-electron chi connectivity index (χ4n) is 1.89. The lowest BCUT2D eigenvalue weighted by atomic mass is 10.0. The Morgan fingerprint density at radius 3 is 1.94 bits per heavy atom. The zero-order valence-electron chi connectivity index (χ0n) is 10.8. The second kappa shape index (κ2) is 5.67. The van der Waals surface area contributed by atoms with Crippen molar-refractivity contribution in [3.05, 3.63) is 0 Å². The lowest BCUT2D eigenvalue weighted by Crippen LogP contribution is -2.57. The maximum absolute atomic E-state index is 11.6. The first kappa shape index (κ1) is 14.9. The first-order valence-electron chi connectivity index (χ1n) is 6.19. The third-order valence-electron chi connectivity index (χ3n) is 2.87. The topological polar surface area (TPSA) is 93.1 Å². The molecule has 6 nitrogen and oxygen atoms in total. The minimum Gasteiger partial charge on any atom is -0.417 e. The van der Waals surface area contributed by atoms with Crippen LogP contribution in [0, 0.1) is 0 Å². The van der Waals surface area contributed by atoms with Crippen LogP contribution >= 0.6 is 0 Å². The Labute approximate surface area is 106 Å². The van der Waals surface area contributed by atoms with Crippen molar-refractivity contribution in [2.24, 2.45) is 0 Å².